The summed E-state index contributed by atoms with van der Waals surface area (Å²) in [5.41, 5.74) is -8.14. The van der Waals surface area contributed by atoms with Gasteiger partial charge >= 0.3 is 51.3 Å². The Morgan fingerprint density at radius 1 is 0.795 bits per heavy atom. The van der Waals surface area contributed by atoms with Gasteiger partial charge in [-0.3, -0.25) is 28.3 Å². The van der Waals surface area contributed by atoms with E-state index in [9.17, 15) is 72.8 Å². The van der Waals surface area contributed by atoms with Gasteiger partial charge in [0, 0.05) is 62.1 Å². The molecule has 7 rings (SSSR count). The molecule has 88 heavy (non-hydrogen) atoms. The van der Waals surface area contributed by atoms with Gasteiger partial charge in [-0.05, 0) is 61.2 Å². The van der Waals surface area contributed by atoms with Crippen molar-refractivity contribution in [3.8, 4) is 0 Å². The summed E-state index contributed by atoms with van der Waals surface area (Å²) in [5.74, 6) is -7.29. The second-order valence-electron chi connectivity index (χ2n) is 22.2. The van der Waals surface area contributed by atoms with Crippen LogP contribution in [0.25, 0.3) is 0 Å². The second-order valence-corrected chi connectivity index (χ2v) is 28.9. The second kappa shape index (κ2) is 27.9. The van der Waals surface area contributed by atoms with Gasteiger partial charge < -0.3 is 83.4 Å². The number of esters is 4. The highest BCUT2D eigenvalue weighted by atomic mass is 33.1. The molecule has 1 aliphatic heterocycles. The zero-order chi connectivity index (χ0) is 64.8. The Bertz CT molecular complexity index is 3200. The fraction of sp³-hybridized carbons (Fsp3) is 0.509. The lowest BCUT2D eigenvalue weighted by Crippen LogP contribution is -2.82. The van der Waals surface area contributed by atoms with E-state index >= 15 is 9.59 Å². The molecule has 2 bridgehead atoms. The average Bonchev–Trinajstić information content (AvgIpc) is 0.678. The van der Waals surface area contributed by atoms with Gasteiger partial charge in [0.1, 0.15) is 43.2 Å². The molecule has 2 amide bonds. The van der Waals surface area contributed by atoms with Gasteiger partial charge in [0.15, 0.2) is 17.5 Å². The zero-order valence-electron chi connectivity index (χ0n) is 48.5. The first-order chi connectivity index (χ1) is 41.2. The topological polar surface area (TPSA) is 410 Å². The van der Waals surface area contributed by atoms with E-state index in [1.54, 1.807) is 54.6 Å². The van der Waals surface area contributed by atoms with Gasteiger partial charge in [-0.2, -0.15) is 0 Å². The number of hydrogen-bond acceptors (Lipinski definition) is 23. The van der Waals surface area contributed by atoms with Gasteiger partial charge in [-0.15, -0.1) is 0 Å². The number of Topliss-reactive ketones (excluding diaryl/α,β-unsaturated/α-hetero) is 1. The highest BCUT2D eigenvalue weighted by molar-refractivity contribution is 8.76. The van der Waals surface area contributed by atoms with Crippen molar-refractivity contribution < 1.29 is 120 Å². The Hall–Kier alpha value is -6.20. The number of aliphatic hydroxyl groups excluding tert-OH is 1. The minimum Gasteiger partial charge on any atom is -0.455 e. The standard InChI is InChI=1S/C57H70N2O25P2S2/c1-32-38(30-56(69)47(83-49(65)37-21-14-9-15-22-37)45-54(6,39(62)29-40-55(45,31-79-40)84-34(3)61)46(63)43(80-33(2)60)41(32)53(56,4)5)81-50(66)44(42(35-17-10-7-11-18-35)59-48(64)36-19-12-8-13-20-36)82-52(68)78-26-28-88-87-27-25-77-51(67)58-24-16-23-57(70,85(71,72)73)86(74,75)76/h7-15,17-22,38-40,42-45,47,62,69-70H,16,23-31H2,1-6H3,(H,58,67)(H,59,64)(H2,71,72,73)(H2,74,75,76)/t38?,39-,40+,42-,43+,44+,45-,47?,54+,55-,56+/m0/s1. The summed E-state index contributed by atoms with van der Waals surface area (Å²) in [5, 5.41) is 37.6. The van der Waals surface area contributed by atoms with Gasteiger partial charge in [0.05, 0.1) is 29.6 Å². The number of ether oxygens (including phenoxy) is 8. The SMILES string of the molecule is CC(=O)O[C@H]1C(=O)[C@@]2(C)[C@H](C(OC(=O)c3ccccc3)[C@]3(O)CC(OC(=O)[C@H](OC(=O)OCCSSCCOC(=O)NCCCC(O)(P(=O)(O)O)P(=O)(O)O)[C@@H](NC(=O)c4ccccc4)c4ccccc4)C(C)=C1C3(C)C)[C@]1(OC(C)=O)CO[C@@H]1C[C@@H]2O. The molecule has 0 aromatic heterocycles. The van der Waals surface area contributed by atoms with Crippen molar-refractivity contribution in [3.63, 3.8) is 0 Å². The van der Waals surface area contributed by atoms with Crippen LogP contribution in [0.5, 0.6) is 0 Å². The molecule has 3 aliphatic carbocycles. The highest BCUT2D eigenvalue weighted by Gasteiger charge is 2.78. The van der Waals surface area contributed by atoms with E-state index < -0.39 is 165 Å². The lowest BCUT2D eigenvalue weighted by Gasteiger charge is -2.67. The summed E-state index contributed by atoms with van der Waals surface area (Å²) < 4.78 is 70.2. The molecule has 9 N–H and O–H groups in total. The van der Waals surface area contributed by atoms with Gasteiger partial charge in [-0.1, -0.05) is 102 Å². The fourth-order valence-electron chi connectivity index (χ4n) is 11.9. The number of carbonyl (C=O) groups is 8. The fourth-order valence-corrected chi connectivity index (χ4v) is 15.8. The lowest BCUT2D eigenvalue weighted by atomic mass is 9.44. The normalized spacial score (nSPS) is 26.3. The first kappa shape index (κ1) is 69.3. The lowest BCUT2D eigenvalue weighted by molar-refractivity contribution is -0.346. The van der Waals surface area contributed by atoms with Gasteiger partial charge in [-0.25, -0.2) is 19.2 Å². The first-order valence-corrected chi connectivity index (χ1v) is 33.3. The maximum absolute atomic E-state index is 15.8. The maximum atomic E-state index is 15.8. The predicted molar refractivity (Wildman–Crippen MR) is 310 cm³/mol. The third kappa shape index (κ3) is 14.4. The van der Waals surface area contributed by atoms with Crippen LogP contribution in [0.3, 0.4) is 0 Å². The number of nitrogens with one attached hydrogen (secondary N) is 2. The molecule has 2 saturated carbocycles. The molecule has 0 radical (unpaired) electrons. The van der Waals surface area contributed by atoms with E-state index in [1.165, 1.54) is 74.9 Å². The summed E-state index contributed by atoms with van der Waals surface area (Å²) >= 11 is 0. The molecule has 0 spiro atoms. The molecular formula is C57H70N2O25P2S2. The van der Waals surface area contributed by atoms with Crippen molar-refractivity contribution in [1.29, 1.82) is 0 Å². The van der Waals surface area contributed by atoms with Crippen molar-refractivity contribution in [1.82, 2.24) is 10.6 Å². The Morgan fingerprint density at radius 3 is 1.91 bits per heavy atom. The molecule has 3 aromatic carbocycles. The van der Waals surface area contributed by atoms with Crippen LogP contribution in [0.4, 0.5) is 9.59 Å². The molecule has 3 fully saturated rings. The number of rotatable bonds is 24. The summed E-state index contributed by atoms with van der Waals surface area (Å²) in [6.07, 6.45) is -15.4. The van der Waals surface area contributed by atoms with E-state index in [0.29, 0.717) is 0 Å². The molecule has 2 unspecified atom stereocenters. The first-order valence-electron chi connectivity index (χ1n) is 27.6. The van der Waals surface area contributed by atoms with Crippen molar-refractivity contribution >= 4 is 84.6 Å². The van der Waals surface area contributed by atoms with Crippen molar-refractivity contribution in [2.24, 2.45) is 16.7 Å². The minimum absolute atomic E-state index is 0.00661. The quantitative estimate of drug-likeness (QED) is 0.0145. The largest absolute Gasteiger partial charge is 0.509 e. The van der Waals surface area contributed by atoms with E-state index in [-0.39, 0.29) is 65.5 Å². The summed E-state index contributed by atoms with van der Waals surface area (Å²) in [6.45, 7) is 6.64. The molecule has 1 saturated heterocycles. The molecule has 11 atom stereocenters. The smallest absolute Gasteiger partial charge is 0.455 e. The molecule has 480 valence electrons. The van der Waals surface area contributed by atoms with E-state index in [4.69, 9.17) is 37.9 Å². The van der Waals surface area contributed by atoms with Crippen LogP contribution in [-0.4, -0.2) is 173 Å². The Balaban J connectivity index is 1.17. The molecule has 1 heterocycles. The third-order valence-electron chi connectivity index (χ3n) is 16.4. The van der Waals surface area contributed by atoms with Crippen LogP contribution in [-0.2, 0) is 66.2 Å². The third-order valence-corrected chi connectivity index (χ3v) is 22.7. The zero-order valence-corrected chi connectivity index (χ0v) is 52.0. The van der Waals surface area contributed by atoms with Crippen LogP contribution in [0.15, 0.2) is 102 Å². The molecule has 27 nitrogen and oxygen atoms in total. The number of carbonyl (C=O) groups excluding carboxylic acids is 8. The average molecular weight is 1310 g/mol. The number of benzene rings is 3. The molecule has 4 aliphatic rings. The van der Waals surface area contributed by atoms with Crippen LogP contribution in [0.1, 0.15) is 99.5 Å². The number of aliphatic hydroxyl groups is 3. The Morgan fingerprint density at radius 2 is 1.36 bits per heavy atom. The Labute approximate surface area is 512 Å². The van der Waals surface area contributed by atoms with Crippen LogP contribution in [0.2, 0.25) is 0 Å². The van der Waals surface area contributed by atoms with Crippen LogP contribution >= 0.6 is 36.8 Å². The Kier molecular flexibility index (Phi) is 22.0. The van der Waals surface area contributed by atoms with Crippen molar-refractivity contribution in [3.05, 3.63) is 119 Å². The molecule has 3 aromatic rings. The number of fused-ring (bicyclic) bond motifs is 5. The summed E-state index contributed by atoms with van der Waals surface area (Å²) in [7, 11) is -9.04. The minimum atomic E-state index is -5.68. The summed E-state index contributed by atoms with van der Waals surface area (Å²) in [6, 6.07) is 21.8. The molecule has 31 heteroatoms. The highest BCUT2D eigenvalue weighted by Crippen LogP contribution is 2.69. The molecular weight excluding hydrogens is 1240 g/mol. The van der Waals surface area contributed by atoms with E-state index in [2.05, 4.69) is 10.6 Å². The van der Waals surface area contributed by atoms with Crippen LogP contribution in [0, 0.1) is 16.7 Å². The van der Waals surface area contributed by atoms with Crippen LogP contribution < -0.4 is 10.6 Å². The number of amides is 2. The van der Waals surface area contributed by atoms with E-state index in [0.717, 1.165) is 24.6 Å². The number of alkyl carbamates (subject to hydrolysis) is 1. The van der Waals surface area contributed by atoms with Gasteiger partial charge in [0.25, 0.3) is 11.0 Å². The number of ketones is 1. The summed E-state index contributed by atoms with van der Waals surface area (Å²) in [4.78, 5) is 150. The van der Waals surface area contributed by atoms with Crippen molar-refractivity contribution in [2.45, 2.75) is 126 Å². The monoisotopic (exact) mass is 1310 g/mol. The van der Waals surface area contributed by atoms with Gasteiger partial charge in [0.2, 0.25) is 6.10 Å². The number of hydrogen-bond donors (Lipinski definition) is 9. The predicted octanol–water partition coefficient (Wildman–Crippen LogP) is 4.79. The van der Waals surface area contributed by atoms with E-state index in [1.807, 2.05) is 0 Å². The van der Waals surface area contributed by atoms with Crippen molar-refractivity contribution in [2.75, 3.05) is 37.9 Å². The maximum Gasteiger partial charge on any atom is 0.509 e.